The number of carbonyl (C=O) groups excluding carboxylic acids is 1. The Morgan fingerprint density at radius 1 is 0.920 bits per heavy atom. The van der Waals surface area contributed by atoms with Gasteiger partial charge in [-0.15, -0.1) is 12.4 Å². The number of likely N-dealkylation sites (N-methyl/N-ethyl adjacent to an activating group) is 1. The van der Waals surface area contributed by atoms with E-state index in [-0.39, 0.29) is 18.2 Å². The van der Waals surface area contributed by atoms with Crippen LogP contribution in [0.4, 0.5) is 0 Å². The van der Waals surface area contributed by atoms with Crippen LogP contribution in [0.1, 0.15) is 37.6 Å². The number of para-hydroxylation sites is 1. The van der Waals surface area contributed by atoms with E-state index >= 15 is 0 Å². The Morgan fingerprint density at radius 3 is 2.16 bits per heavy atom. The molecule has 0 N–H and O–H groups in total. The van der Waals surface area contributed by atoms with Gasteiger partial charge in [0.15, 0.2) is 5.78 Å². The van der Waals surface area contributed by atoms with Crippen molar-refractivity contribution in [1.82, 2.24) is 4.90 Å². The SMILES string of the molecule is CCC(=O)c1ccccc1-c1ccccc1OCCN(CC)CC.Cl. The van der Waals surface area contributed by atoms with Crippen LogP contribution in [0.3, 0.4) is 0 Å². The number of benzene rings is 2. The van der Waals surface area contributed by atoms with Gasteiger partial charge in [-0.2, -0.15) is 0 Å². The Kier molecular flexibility index (Phi) is 9.25. The van der Waals surface area contributed by atoms with Crippen LogP contribution in [0.15, 0.2) is 48.5 Å². The average Bonchev–Trinajstić information content (AvgIpc) is 2.65. The molecular formula is C21H28ClNO2. The van der Waals surface area contributed by atoms with Crippen LogP contribution in [0.2, 0.25) is 0 Å². The Hall–Kier alpha value is -1.84. The first-order chi connectivity index (χ1) is 11.7. The molecular weight excluding hydrogens is 334 g/mol. The Morgan fingerprint density at radius 2 is 1.52 bits per heavy atom. The molecule has 3 nitrogen and oxygen atoms in total. The lowest BCUT2D eigenvalue weighted by atomic mass is 9.95. The fourth-order valence-electron chi connectivity index (χ4n) is 2.79. The lowest BCUT2D eigenvalue weighted by Gasteiger charge is -2.19. The normalized spacial score (nSPS) is 10.4. The summed E-state index contributed by atoms with van der Waals surface area (Å²) in [5.74, 6) is 0.990. The monoisotopic (exact) mass is 361 g/mol. The van der Waals surface area contributed by atoms with Crippen LogP contribution in [-0.4, -0.2) is 36.9 Å². The summed E-state index contributed by atoms with van der Waals surface area (Å²) in [4.78, 5) is 14.6. The lowest BCUT2D eigenvalue weighted by molar-refractivity contribution is 0.0989. The molecule has 0 saturated carbocycles. The molecule has 0 aliphatic rings. The first-order valence-corrected chi connectivity index (χ1v) is 8.78. The summed E-state index contributed by atoms with van der Waals surface area (Å²) in [6.45, 7) is 9.80. The van der Waals surface area contributed by atoms with Crippen molar-refractivity contribution < 1.29 is 9.53 Å². The van der Waals surface area contributed by atoms with Crippen molar-refractivity contribution in [3.8, 4) is 16.9 Å². The molecule has 4 heteroatoms. The van der Waals surface area contributed by atoms with Crippen LogP contribution >= 0.6 is 12.4 Å². The van der Waals surface area contributed by atoms with Crippen LogP contribution in [0.25, 0.3) is 11.1 Å². The van der Waals surface area contributed by atoms with Crippen molar-refractivity contribution in [3.05, 3.63) is 54.1 Å². The molecule has 0 radical (unpaired) electrons. The highest BCUT2D eigenvalue weighted by molar-refractivity contribution is 6.02. The highest BCUT2D eigenvalue weighted by Crippen LogP contribution is 2.32. The second-order valence-electron chi connectivity index (χ2n) is 5.69. The number of rotatable bonds is 9. The van der Waals surface area contributed by atoms with E-state index in [1.54, 1.807) is 0 Å². The van der Waals surface area contributed by atoms with Gasteiger partial charge in [0.1, 0.15) is 12.4 Å². The predicted molar refractivity (Wildman–Crippen MR) is 107 cm³/mol. The van der Waals surface area contributed by atoms with E-state index in [9.17, 15) is 4.79 Å². The number of nitrogens with zero attached hydrogens (tertiary/aromatic N) is 1. The maximum atomic E-state index is 12.3. The molecule has 0 bridgehead atoms. The van der Waals surface area contributed by atoms with Gasteiger partial charge >= 0.3 is 0 Å². The molecule has 0 heterocycles. The zero-order chi connectivity index (χ0) is 17.4. The second kappa shape index (κ2) is 10.9. The molecule has 0 atom stereocenters. The summed E-state index contributed by atoms with van der Waals surface area (Å²) >= 11 is 0. The standard InChI is InChI=1S/C21H27NO2.ClH/c1-4-20(23)18-12-8-7-11-17(18)19-13-9-10-14-21(19)24-16-15-22(5-2)6-3;/h7-14H,4-6,15-16H2,1-3H3;1H. The van der Waals surface area contributed by atoms with Gasteiger partial charge in [0, 0.05) is 24.1 Å². The number of ketones is 1. The molecule has 2 aromatic carbocycles. The summed E-state index contributed by atoms with van der Waals surface area (Å²) in [5, 5.41) is 0. The summed E-state index contributed by atoms with van der Waals surface area (Å²) in [6, 6.07) is 15.7. The summed E-state index contributed by atoms with van der Waals surface area (Å²) in [7, 11) is 0. The average molecular weight is 362 g/mol. The Labute approximate surface area is 157 Å². The molecule has 0 saturated heterocycles. The molecule has 0 unspecified atom stereocenters. The van der Waals surface area contributed by atoms with Crippen molar-refractivity contribution in [2.45, 2.75) is 27.2 Å². The number of hydrogen-bond donors (Lipinski definition) is 0. The molecule has 0 fully saturated rings. The Balaban J connectivity index is 0.00000312. The highest BCUT2D eigenvalue weighted by Gasteiger charge is 2.14. The van der Waals surface area contributed by atoms with Crippen molar-refractivity contribution in [2.24, 2.45) is 0 Å². The third-order valence-electron chi connectivity index (χ3n) is 4.29. The van der Waals surface area contributed by atoms with E-state index in [1.807, 2.05) is 55.5 Å². The molecule has 136 valence electrons. The smallest absolute Gasteiger partial charge is 0.163 e. The maximum Gasteiger partial charge on any atom is 0.163 e. The Bertz CT molecular complexity index is 668. The third-order valence-corrected chi connectivity index (χ3v) is 4.29. The molecule has 0 aromatic heterocycles. The predicted octanol–water partition coefficient (Wildman–Crippen LogP) is 5.09. The van der Waals surface area contributed by atoms with Crippen LogP contribution in [-0.2, 0) is 0 Å². The van der Waals surface area contributed by atoms with E-state index in [4.69, 9.17) is 4.74 Å². The fraction of sp³-hybridized carbons (Fsp3) is 0.381. The van der Waals surface area contributed by atoms with E-state index in [0.29, 0.717) is 13.0 Å². The zero-order valence-corrected chi connectivity index (χ0v) is 16.1. The molecule has 2 rings (SSSR count). The van der Waals surface area contributed by atoms with Gasteiger partial charge in [0.2, 0.25) is 0 Å². The van der Waals surface area contributed by atoms with Gasteiger partial charge in [-0.25, -0.2) is 0 Å². The van der Waals surface area contributed by atoms with E-state index in [1.165, 1.54) is 0 Å². The van der Waals surface area contributed by atoms with Crippen molar-refractivity contribution in [2.75, 3.05) is 26.2 Å². The van der Waals surface area contributed by atoms with Gasteiger partial charge in [0.05, 0.1) is 0 Å². The summed E-state index contributed by atoms with van der Waals surface area (Å²) in [6.07, 6.45) is 0.502. The molecule has 0 aliphatic heterocycles. The van der Waals surface area contributed by atoms with E-state index in [0.717, 1.165) is 42.1 Å². The molecule has 0 amide bonds. The largest absolute Gasteiger partial charge is 0.492 e. The number of carbonyl (C=O) groups is 1. The fourth-order valence-corrected chi connectivity index (χ4v) is 2.79. The molecule has 25 heavy (non-hydrogen) atoms. The van der Waals surface area contributed by atoms with Crippen LogP contribution in [0.5, 0.6) is 5.75 Å². The quantitative estimate of drug-likeness (QED) is 0.583. The number of Topliss-reactive ketones (excluding diaryl/α,β-unsaturated/α-hetero) is 1. The molecule has 0 spiro atoms. The topological polar surface area (TPSA) is 29.5 Å². The van der Waals surface area contributed by atoms with Crippen molar-refractivity contribution in [1.29, 1.82) is 0 Å². The van der Waals surface area contributed by atoms with Gasteiger partial charge < -0.3 is 9.64 Å². The minimum absolute atomic E-state index is 0. The van der Waals surface area contributed by atoms with Gasteiger partial charge in [0.25, 0.3) is 0 Å². The van der Waals surface area contributed by atoms with Gasteiger partial charge in [-0.1, -0.05) is 63.2 Å². The molecule has 2 aromatic rings. The minimum atomic E-state index is 0. The van der Waals surface area contributed by atoms with Gasteiger partial charge in [-0.05, 0) is 24.7 Å². The lowest BCUT2D eigenvalue weighted by Crippen LogP contribution is -2.27. The van der Waals surface area contributed by atoms with Crippen molar-refractivity contribution in [3.63, 3.8) is 0 Å². The van der Waals surface area contributed by atoms with Gasteiger partial charge in [-0.3, -0.25) is 4.79 Å². The molecule has 0 aliphatic carbocycles. The van der Waals surface area contributed by atoms with Crippen LogP contribution in [0, 0.1) is 0 Å². The minimum Gasteiger partial charge on any atom is -0.492 e. The maximum absolute atomic E-state index is 12.3. The van der Waals surface area contributed by atoms with E-state index < -0.39 is 0 Å². The first-order valence-electron chi connectivity index (χ1n) is 8.78. The van der Waals surface area contributed by atoms with Crippen LogP contribution < -0.4 is 4.74 Å². The highest BCUT2D eigenvalue weighted by atomic mass is 35.5. The van der Waals surface area contributed by atoms with Crippen molar-refractivity contribution >= 4 is 18.2 Å². The summed E-state index contributed by atoms with van der Waals surface area (Å²) < 4.78 is 6.04. The summed E-state index contributed by atoms with van der Waals surface area (Å²) in [5.41, 5.74) is 2.69. The van der Waals surface area contributed by atoms with E-state index in [2.05, 4.69) is 18.7 Å². The third kappa shape index (κ3) is 5.58. The number of ether oxygens (including phenoxy) is 1. The number of hydrogen-bond acceptors (Lipinski definition) is 3. The second-order valence-corrected chi connectivity index (χ2v) is 5.69. The first kappa shape index (κ1) is 21.2. The zero-order valence-electron chi connectivity index (χ0n) is 15.3. The number of halogens is 1.